The van der Waals surface area contributed by atoms with Gasteiger partial charge in [-0.2, -0.15) is 0 Å². The van der Waals surface area contributed by atoms with Gasteiger partial charge in [-0.1, -0.05) is 0 Å². The molecule has 0 saturated carbocycles. The minimum atomic E-state index is -1.05. The largest absolute Gasteiger partial charge is 0.477 e. The molecule has 2 aromatic rings. The predicted molar refractivity (Wildman–Crippen MR) is 57.0 cm³/mol. The zero-order valence-corrected chi connectivity index (χ0v) is 8.58. The first-order chi connectivity index (χ1) is 7.66. The Hall–Kier alpha value is -2.30. The highest BCUT2D eigenvalue weighted by atomic mass is 16.4. The van der Waals surface area contributed by atoms with Crippen LogP contribution in [0.2, 0.25) is 0 Å². The fourth-order valence-electron chi connectivity index (χ4n) is 1.37. The van der Waals surface area contributed by atoms with Crippen molar-refractivity contribution in [3.05, 3.63) is 42.1 Å². The number of hydrogen-bond acceptors (Lipinski definition) is 4. The van der Waals surface area contributed by atoms with E-state index in [9.17, 15) is 4.79 Å². The molecule has 0 aromatic carbocycles. The first kappa shape index (κ1) is 10.2. The van der Waals surface area contributed by atoms with Gasteiger partial charge in [0.05, 0.1) is 11.9 Å². The molecule has 0 amide bonds. The predicted octanol–water partition coefficient (Wildman–Crippen LogP) is 1.55. The lowest BCUT2D eigenvalue weighted by Crippen LogP contribution is -2.02. The molecule has 1 N–H and O–H groups in total. The summed E-state index contributed by atoms with van der Waals surface area (Å²) in [6, 6.07) is 3.26. The molecule has 0 unspecified atom stereocenters. The van der Waals surface area contributed by atoms with Crippen LogP contribution in [0.1, 0.15) is 16.2 Å². The molecule has 0 fully saturated rings. The van der Waals surface area contributed by atoms with Gasteiger partial charge in [0.15, 0.2) is 0 Å². The van der Waals surface area contributed by atoms with Crippen LogP contribution in [0, 0.1) is 6.92 Å². The fourth-order valence-corrected chi connectivity index (χ4v) is 1.37. The first-order valence-electron chi connectivity index (χ1n) is 4.65. The van der Waals surface area contributed by atoms with Gasteiger partial charge in [-0.15, -0.1) is 0 Å². The van der Waals surface area contributed by atoms with E-state index in [1.54, 1.807) is 31.6 Å². The van der Waals surface area contributed by atoms with E-state index in [0.29, 0.717) is 17.0 Å². The Labute approximate surface area is 91.8 Å². The molecule has 2 heterocycles. The van der Waals surface area contributed by atoms with Gasteiger partial charge >= 0.3 is 5.97 Å². The van der Waals surface area contributed by atoms with Crippen molar-refractivity contribution < 1.29 is 9.90 Å². The monoisotopic (exact) mass is 215 g/mol. The third-order valence-corrected chi connectivity index (χ3v) is 2.03. The number of nitrogens with zero attached hydrogens (tertiary/aromatic N) is 3. The number of pyridine rings is 1. The van der Waals surface area contributed by atoms with Crippen LogP contribution in [0.5, 0.6) is 0 Å². The van der Waals surface area contributed by atoms with Crippen molar-refractivity contribution in [3.63, 3.8) is 0 Å². The highest BCUT2D eigenvalue weighted by Gasteiger charge is 2.08. The van der Waals surface area contributed by atoms with Crippen molar-refractivity contribution in [2.45, 2.75) is 6.92 Å². The summed E-state index contributed by atoms with van der Waals surface area (Å²) >= 11 is 0. The molecule has 5 heteroatoms. The lowest BCUT2D eigenvalue weighted by Gasteiger charge is -2.02. The van der Waals surface area contributed by atoms with Crippen LogP contribution in [0.15, 0.2) is 30.7 Å². The zero-order valence-electron chi connectivity index (χ0n) is 8.58. The molecule has 2 rings (SSSR count). The normalized spacial score (nSPS) is 10.1. The lowest BCUT2D eigenvalue weighted by molar-refractivity contribution is 0.0690. The van der Waals surface area contributed by atoms with Crippen molar-refractivity contribution in [2.24, 2.45) is 0 Å². The molecule has 16 heavy (non-hydrogen) atoms. The Morgan fingerprint density at radius 2 is 2.12 bits per heavy atom. The van der Waals surface area contributed by atoms with Crippen molar-refractivity contribution in [2.75, 3.05) is 0 Å². The maximum Gasteiger partial charge on any atom is 0.354 e. The van der Waals surface area contributed by atoms with Crippen LogP contribution < -0.4 is 0 Å². The number of hydrogen-bond donors (Lipinski definition) is 1. The number of carboxylic acid groups (broad SMARTS) is 1. The fraction of sp³-hybridized carbons (Fsp3) is 0.0909. The minimum Gasteiger partial charge on any atom is -0.477 e. The summed E-state index contributed by atoms with van der Waals surface area (Å²) in [6.07, 6.45) is 4.71. The van der Waals surface area contributed by atoms with Gasteiger partial charge in [0.2, 0.25) is 0 Å². The van der Waals surface area contributed by atoms with Crippen LogP contribution >= 0.6 is 0 Å². The Balaban J connectivity index is 2.54. The third-order valence-electron chi connectivity index (χ3n) is 2.03. The third kappa shape index (κ3) is 2.03. The number of aryl methyl sites for hydroxylation is 1. The summed E-state index contributed by atoms with van der Waals surface area (Å²) in [4.78, 5) is 22.8. The Morgan fingerprint density at radius 3 is 2.75 bits per heavy atom. The summed E-state index contributed by atoms with van der Waals surface area (Å²) in [5.41, 5.74) is 2.00. The van der Waals surface area contributed by atoms with Gasteiger partial charge in [0.25, 0.3) is 0 Å². The van der Waals surface area contributed by atoms with Crippen LogP contribution in [-0.4, -0.2) is 26.0 Å². The molecule has 5 nitrogen and oxygen atoms in total. The Kier molecular flexibility index (Phi) is 2.59. The van der Waals surface area contributed by atoms with Crippen molar-refractivity contribution in [1.82, 2.24) is 15.0 Å². The van der Waals surface area contributed by atoms with E-state index < -0.39 is 5.97 Å². The molecule has 0 spiro atoms. The van der Waals surface area contributed by atoms with Crippen LogP contribution in [-0.2, 0) is 0 Å². The SMILES string of the molecule is Cc1cc(-c2cnccn2)cc(C(=O)O)n1. The Bertz CT molecular complexity index is 526. The topological polar surface area (TPSA) is 76.0 Å². The molecule has 0 radical (unpaired) electrons. The van der Waals surface area contributed by atoms with Crippen LogP contribution in [0.25, 0.3) is 11.3 Å². The molecule has 0 atom stereocenters. The van der Waals surface area contributed by atoms with Crippen molar-refractivity contribution >= 4 is 5.97 Å². The number of aromatic carboxylic acids is 1. The molecule has 0 bridgehead atoms. The second-order valence-electron chi connectivity index (χ2n) is 3.28. The zero-order chi connectivity index (χ0) is 11.5. The molecular weight excluding hydrogens is 206 g/mol. The summed E-state index contributed by atoms with van der Waals surface area (Å²) in [5, 5.41) is 8.88. The molecule has 0 aliphatic carbocycles. The highest BCUT2D eigenvalue weighted by Crippen LogP contribution is 2.17. The van der Waals surface area contributed by atoms with Gasteiger partial charge < -0.3 is 5.11 Å². The second-order valence-corrected chi connectivity index (χ2v) is 3.28. The van der Waals surface area contributed by atoms with Crippen LogP contribution in [0.3, 0.4) is 0 Å². The smallest absolute Gasteiger partial charge is 0.354 e. The van der Waals surface area contributed by atoms with E-state index >= 15 is 0 Å². The average molecular weight is 215 g/mol. The van der Waals surface area contributed by atoms with Gasteiger partial charge in [-0.25, -0.2) is 9.78 Å². The maximum absolute atomic E-state index is 10.8. The lowest BCUT2D eigenvalue weighted by atomic mass is 10.1. The summed E-state index contributed by atoms with van der Waals surface area (Å²) in [7, 11) is 0. The molecule has 0 aliphatic rings. The maximum atomic E-state index is 10.8. The van der Waals surface area contributed by atoms with E-state index in [4.69, 9.17) is 5.11 Å². The number of aromatic nitrogens is 3. The summed E-state index contributed by atoms with van der Waals surface area (Å²) < 4.78 is 0. The van der Waals surface area contributed by atoms with Gasteiger partial charge in [-0.3, -0.25) is 9.97 Å². The van der Waals surface area contributed by atoms with E-state index in [2.05, 4.69) is 15.0 Å². The van der Waals surface area contributed by atoms with Crippen molar-refractivity contribution in [1.29, 1.82) is 0 Å². The van der Waals surface area contributed by atoms with Crippen LogP contribution in [0.4, 0.5) is 0 Å². The van der Waals surface area contributed by atoms with Gasteiger partial charge in [0.1, 0.15) is 5.69 Å². The van der Waals surface area contributed by atoms with E-state index in [0.717, 1.165) is 0 Å². The minimum absolute atomic E-state index is 0.0145. The average Bonchev–Trinajstić information content (AvgIpc) is 2.29. The number of rotatable bonds is 2. The van der Waals surface area contributed by atoms with Crippen molar-refractivity contribution in [3.8, 4) is 11.3 Å². The number of carbonyl (C=O) groups is 1. The highest BCUT2D eigenvalue weighted by molar-refractivity contribution is 5.87. The molecule has 80 valence electrons. The summed E-state index contributed by atoms with van der Waals surface area (Å²) in [6.45, 7) is 1.74. The first-order valence-corrected chi connectivity index (χ1v) is 4.65. The van der Waals surface area contributed by atoms with Gasteiger partial charge in [0, 0.05) is 23.7 Å². The van der Waals surface area contributed by atoms with Gasteiger partial charge in [-0.05, 0) is 19.1 Å². The van der Waals surface area contributed by atoms with E-state index in [1.165, 1.54) is 6.07 Å². The molecule has 2 aromatic heterocycles. The Morgan fingerprint density at radius 1 is 1.31 bits per heavy atom. The standard InChI is InChI=1S/C11H9N3O2/c1-7-4-8(5-9(14-7)11(15)16)10-6-12-2-3-13-10/h2-6H,1H3,(H,15,16). The molecular formula is C11H9N3O2. The molecule has 0 aliphatic heterocycles. The second kappa shape index (κ2) is 4.06. The quantitative estimate of drug-likeness (QED) is 0.822. The number of carboxylic acids is 1. The molecule has 0 saturated heterocycles. The summed E-state index contributed by atoms with van der Waals surface area (Å²) in [5.74, 6) is -1.05. The van der Waals surface area contributed by atoms with E-state index in [1.807, 2.05) is 0 Å². The van der Waals surface area contributed by atoms with E-state index in [-0.39, 0.29) is 5.69 Å².